The third-order valence-corrected chi connectivity index (χ3v) is 8.32. The molecule has 0 heterocycles. The Morgan fingerprint density at radius 1 is 1.00 bits per heavy atom. The second-order valence-electron chi connectivity index (χ2n) is 12.0. The first-order valence-electron chi connectivity index (χ1n) is 17.3. The van der Waals surface area contributed by atoms with Crippen LogP contribution in [0, 0.1) is 24.2 Å². The Labute approximate surface area is 302 Å². The summed E-state index contributed by atoms with van der Waals surface area (Å²) in [4.78, 5) is 23.0. The van der Waals surface area contributed by atoms with E-state index in [4.69, 9.17) is 25.7 Å². The molecular weight excluding hydrogens is 651 g/mol. The molecule has 2 rings (SSSR count). The third-order valence-electron chi connectivity index (χ3n) is 7.38. The molecule has 0 radical (unpaired) electrons. The first kappa shape index (κ1) is 43.7. The minimum absolute atomic E-state index is 0.0216. The number of carboxylic acids is 1. The number of nitrogens with one attached hydrogen (secondary N) is 1. The summed E-state index contributed by atoms with van der Waals surface area (Å²) in [6, 6.07) is 14.9. The highest BCUT2D eigenvalue weighted by atomic mass is 32.2. The Hall–Kier alpha value is -4.29. The predicted molar refractivity (Wildman–Crippen MR) is 204 cm³/mol. The zero-order chi connectivity index (χ0) is 37.1. The average molecular weight is 708 g/mol. The molecule has 0 spiro atoms. The van der Waals surface area contributed by atoms with Crippen LogP contribution in [0.4, 0.5) is 0 Å². The molecule has 0 amide bonds. The van der Waals surface area contributed by atoms with Gasteiger partial charge in [-0.15, -0.1) is 12.3 Å². The standard InChI is InChI=1S/C26H35NO4.C15H22O3S/c1-5-8-11-23(20-25(30-4)10-6-2)27-16-9-17-31-24-14-12-22(13-15-24)18-21(7-3)19-26(28)29;1-12(2)15(16)6-4-5-11-18-13-7-9-14(10-8-13)19(3)17/h3,6,10-15,20-21,27H,5,8-9,16-19H2,1-2,4H3,(H,28,29);7-10,12H,4-6,11H2,1-3H3/b10-6-,23-11-,25-20+;. The second-order valence-corrected chi connectivity index (χ2v) is 13.4. The van der Waals surface area contributed by atoms with Crippen molar-refractivity contribution in [3.63, 3.8) is 0 Å². The van der Waals surface area contributed by atoms with E-state index < -0.39 is 16.8 Å². The van der Waals surface area contributed by atoms with Gasteiger partial charge in [0.1, 0.15) is 23.0 Å². The van der Waals surface area contributed by atoms with Gasteiger partial charge in [-0.1, -0.05) is 51.5 Å². The van der Waals surface area contributed by atoms with Crippen molar-refractivity contribution >= 4 is 22.6 Å². The molecular formula is C41H57NO7S. The first-order chi connectivity index (χ1) is 24.0. The summed E-state index contributed by atoms with van der Waals surface area (Å²) in [5.41, 5.74) is 2.05. The van der Waals surface area contributed by atoms with Crippen molar-refractivity contribution in [2.75, 3.05) is 33.1 Å². The van der Waals surface area contributed by atoms with E-state index in [1.165, 1.54) is 0 Å². The molecule has 2 aromatic rings. The molecule has 2 N–H and O–H groups in total. The summed E-state index contributed by atoms with van der Waals surface area (Å²) in [7, 11) is 0.719. The van der Waals surface area contributed by atoms with Crippen LogP contribution in [0.15, 0.2) is 89.2 Å². The molecule has 0 aromatic heterocycles. The number of carboxylic acid groups (broad SMARTS) is 1. The highest BCUT2D eigenvalue weighted by Gasteiger charge is 2.11. The quantitative estimate of drug-likeness (QED) is 0.0514. The van der Waals surface area contributed by atoms with Crippen molar-refractivity contribution in [2.45, 2.75) is 84.0 Å². The van der Waals surface area contributed by atoms with Crippen LogP contribution >= 0.6 is 0 Å². The Balaban J connectivity index is 0.000000561. The summed E-state index contributed by atoms with van der Waals surface area (Å²) >= 11 is 0. The molecule has 2 unspecified atom stereocenters. The molecule has 0 saturated heterocycles. The van der Waals surface area contributed by atoms with Gasteiger partial charge >= 0.3 is 5.97 Å². The Morgan fingerprint density at radius 3 is 2.14 bits per heavy atom. The van der Waals surface area contributed by atoms with E-state index in [2.05, 4.69) is 24.2 Å². The Bertz CT molecular complexity index is 1420. The van der Waals surface area contributed by atoms with E-state index in [1.807, 2.05) is 87.5 Å². The number of ether oxygens (including phenoxy) is 3. The number of carbonyl (C=O) groups is 2. The SMILES string of the molecule is C#CC(CC(=O)O)Cc1ccc(OCCCNC(=C\CCC)/C=C(\C=C/C)OC)cc1.CC(C)C(=O)CCCCOc1ccc(S(C)=O)cc1. The number of terminal acetylenes is 1. The lowest BCUT2D eigenvalue weighted by molar-refractivity contribution is -0.137. The van der Waals surface area contributed by atoms with Crippen LogP contribution in [0.5, 0.6) is 11.5 Å². The number of methoxy groups -OCH3 is 1. The van der Waals surface area contributed by atoms with E-state index in [0.717, 1.165) is 72.1 Å². The number of Topliss-reactive ketones (excluding diaryl/α,β-unsaturated/α-hetero) is 1. The molecule has 0 bridgehead atoms. The van der Waals surface area contributed by atoms with Gasteiger partial charge in [0.05, 0.1) is 26.7 Å². The summed E-state index contributed by atoms with van der Waals surface area (Å²) in [6.07, 6.45) is 21.0. The van der Waals surface area contributed by atoms with Gasteiger partial charge in [0.25, 0.3) is 0 Å². The molecule has 50 heavy (non-hydrogen) atoms. The van der Waals surface area contributed by atoms with E-state index in [-0.39, 0.29) is 18.3 Å². The second kappa shape index (κ2) is 26.6. The molecule has 0 saturated carbocycles. The molecule has 2 aromatic carbocycles. The number of ketones is 1. The zero-order valence-corrected chi connectivity index (χ0v) is 31.6. The highest BCUT2D eigenvalue weighted by Crippen LogP contribution is 2.17. The van der Waals surface area contributed by atoms with E-state index in [0.29, 0.717) is 31.8 Å². The molecule has 9 heteroatoms. The van der Waals surface area contributed by atoms with Gasteiger partial charge in [-0.05, 0) is 87.1 Å². The molecule has 0 fully saturated rings. The molecule has 0 aliphatic heterocycles. The molecule has 8 nitrogen and oxygen atoms in total. The van der Waals surface area contributed by atoms with Crippen LogP contribution in [0.2, 0.25) is 0 Å². The lowest BCUT2D eigenvalue weighted by Gasteiger charge is -2.11. The average Bonchev–Trinajstić information content (AvgIpc) is 3.10. The number of allylic oxidation sites excluding steroid dienone is 4. The Morgan fingerprint density at radius 2 is 1.62 bits per heavy atom. The maximum absolute atomic E-state index is 11.4. The number of unbranched alkanes of at least 4 members (excludes halogenated alkanes) is 2. The van der Waals surface area contributed by atoms with Crippen LogP contribution in [-0.2, 0) is 31.5 Å². The van der Waals surface area contributed by atoms with Crippen LogP contribution in [-0.4, -0.2) is 54.2 Å². The largest absolute Gasteiger partial charge is 0.497 e. The van der Waals surface area contributed by atoms with Gasteiger partial charge in [0.2, 0.25) is 0 Å². The smallest absolute Gasteiger partial charge is 0.304 e. The normalized spacial score (nSPS) is 12.8. The van der Waals surface area contributed by atoms with Gasteiger partial charge < -0.3 is 24.6 Å². The van der Waals surface area contributed by atoms with Gasteiger partial charge in [-0.2, -0.15) is 0 Å². The van der Waals surface area contributed by atoms with Crippen molar-refractivity contribution in [1.29, 1.82) is 0 Å². The fourth-order valence-electron chi connectivity index (χ4n) is 4.48. The van der Waals surface area contributed by atoms with Crippen molar-refractivity contribution in [2.24, 2.45) is 11.8 Å². The predicted octanol–water partition coefficient (Wildman–Crippen LogP) is 8.30. The molecule has 0 aliphatic rings. The molecule has 274 valence electrons. The number of rotatable bonds is 23. The maximum atomic E-state index is 11.4. The molecule has 2 atom stereocenters. The lowest BCUT2D eigenvalue weighted by Crippen LogP contribution is -2.16. The van der Waals surface area contributed by atoms with Crippen LogP contribution in [0.25, 0.3) is 0 Å². The number of carbonyl (C=O) groups excluding carboxylic acids is 1. The zero-order valence-electron chi connectivity index (χ0n) is 30.7. The fourth-order valence-corrected chi connectivity index (χ4v) is 5.00. The van der Waals surface area contributed by atoms with E-state index in [1.54, 1.807) is 13.4 Å². The van der Waals surface area contributed by atoms with Crippen LogP contribution in [0.1, 0.15) is 78.2 Å². The van der Waals surface area contributed by atoms with Crippen molar-refractivity contribution in [3.8, 4) is 23.8 Å². The van der Waals surface area contributed by atoms with Gasteiger partial charge in [-0.3, -0.25) is 13.8 Å². The van der Waals surface area contributed by atoms with Gasteiger partial charge in [0.15, 0.2) is 0 Å². The number of hydrogen-bond donors (Lipinski definition) is 2. The minimum atomic E-state index is -0.949. The van der Waals surface area contributed by atoms with Gasteiger partial charge in [-0.25, -0.2) is 0 Å². The van der Waals surface area contributed by atoms with Crippen LogP contribution in [0.3, 0.4) is 0 Å². The topological polar surface area (TPSA) is 111 Å². The summed E-state index contributed by atoms with van der Waals surface area (Å²) < 4.78 is 28.0. The van der Waals surface area contributed by atoms with E-state index >= 15 is 0 Å². The van der Waals surface area contributed by atoms with Crippen molar-refractivity contribution in [3.05, 3.63) is 89.9 Å². The van der Waals surface area contributed by atoms with E-state index in [9.17, 15) is 13.8 Å². The summed E-state index contributed by atoms with van der Waals surface area (Å²) in [6.45, 7) is 9.96. The minimum Gasteiger partial charge on any atom is -0.497 e. The third kappa shape index (κ3) is 20.3. The first-order valence-corrected chi connectivity index (χ1v) is 18.9. The monoisotopic (exact) mass is 707 g/mol. The number of benzene rings is 2. The van der Waals surface area contributed by atoms with Gasteiger partial charge in [0, 0.05) is 58.5 Å². The lowest BCUT2D eigenvalue weighted by atomic mass is 9.97. The highest BCUT2D eigenvalue weighted by molar-refractivity contribution is 7.84. The summed E-state index contributed by atoms with van der Waals surface area (Å²) in [5.74, 6) is 4.20. The fraction of sp³-hybridized carbons (Fsp3) is 0.463. The van der Waals surface area contributed by atoms with Crippen molar-refractivity contribution in [1.82, 2.24) is 5.32 Å². The number of hydrogen-bond acceptors (Lipinski definition) is 7. The van der Waals surface area contributed by atoms with Crippen molar-refractivity contribution < 1.29 is 33.1 Å². The molecule has 0 aliphatic carbocycles. The Kier molecular flexibility index (Phi) is 23.2. The summed E-state index contributed by atoms with van der Waals surface area (Å²) in [5, 5.41) is 12.3. The maximum Gasteiger partial charge on any atom is 0.304 e. The van der Waals surface area contributed by atoms with Crippen LogP contribution < -0.4 is 14.8 Å². The number of aliphatic carboxylic acids is 1.